The van der Waals surface area contributed by atoms with E-state index in [0.29, 0.717) is 0 Å². The summed E-state index contributed by atoms with van der Waals surface area (Å²) < 4.78 is 0. The van der Waals surface area contributed by atoms with Gasteiger partial charge in [0.1, 0.15) is 0 Å². The molecule has 0 amide bonds. The maximum atomic E-state index is 3.25. The third-order valence-electron chi connectivity index (χ3n) is 3.57. The minimum atomic E-state index is 0.0255. The van der Waals surface area contributed by atoms with Gasteiger partial charge >= 0.3 is 0 Å². The first-order chi connectivity index (χ1) is 11.1. The molecule has 0 unspecified atom stereocenters. The predicted molar refractivity (Wildman–Crippen MR) is 104 cm³/mol. The number of hydrogen-bond acceptors (Lipinski definition) is 0. The second-order valence-electron chi connectivity index (χ2n) is 8.15. The van der Waals surface area contributed by atoms with Crippen LogP contribution in [0, 0.1) is 29.1 Å². The van der Waals surface area contributed by atoms with E-state index in [0.717, 1.165) is 16.7 Å². The summed E-state index contributed by atoms with van der Waals surface area (Å²) in [6, 6.07) is 16.6. The van der Waals surface area contributed by atoms with Gasteiger partial charge in [0.05, 0.1) is 0 Å². The quantitative estimate of drug-likeness (QED) is 0.541. The summed E-state index contributed by atoms with van der Waals surface area (Å²) in [5.74, 6) is 12.9. The molecule has 0 saturated carbocycles. The number of hydrogen-bond donors (Lipinski definition) is 0. The van der Waals surface area contributed by atoms with Crippen LogP contribution in [0.15, 0.2) is 48.5 Å². The Morgan fingerprint density at radius 3 is 1.29 bits per heavy atom. The SMILES string of the molecule is CC(C)(C)C#Cc1ccc(C#Cc2ccc(C(C)(C)C)cc2)cc1. The molecule has 0 fully saturated rings. The first-order valence-electron chi connectivity index (χ1n) is 8.39. The minimum absolute atomic E-state index is 0.0255. The zero-order chi connectivity index (χ0) is 17.8. The van der Waals surface area contributed by atoms with E-state index in [1.165, 1.54) is 5.56 Å². The fraction of sp³-hybridized carbons (Fsp3) is 0.333. The molecular weight excluding hydrogens is 288 g/mol. The van der Waals surface area contributed by atoms with Gasteiger partial charge in [-0.15, -0.1) is 0 Å². The molecule has 0 atom stereocenters. The van der Waals surface area contributed by atoms with Crippen LogP contribution in [0.1, 0.15) is 63.8 Å². The van der Waals surface area contributed by atoms with Gasteiger partial charge in [-0.05, 0) is 68.1 Å². The lowest BCUT2D eigenvalue weighted by Crippen LogP contribution is -2.10. The molecule has 0 heterocycles. The highest BCUT2D eigenvalue weighted by Gasteiger charge is 2.12. The van der Waals surface area contributed by atoms with Crippen LogP contribution in [0.3, 0.4) is 0 Å². The largest absolute Gasteiger partial charge is 0.0920 e. The van der Waals surface area contributed by atoms with Crippen LogP contribution in [0.2, 0.25) is 0 Å². The summed E-state index contributed by atoms with van der Waals surface area (Å²) in [5.41, 5.74) is 4.61. The van der Waals surface area contributed by atoms with Gasteiger partial charge in [-0.2, -0.15) is 0 Å². The topological polar surface area (TPSA) is 0 Å². The average Bonchev–Trinajstić information content (AvgIpc) is 2.51. The maximum absolute atomic E-state index is 3.25. The van der Waals surface area contributed by atoms with Crippen LogP contribution >= 0.6 is 0 Å². The maximum Gasteiger partial charge on any atom is 0.0249 e. The number of rotatable bonds is 0. The second-order valence-corrected chi connectivity index (χ2v) is 8.15. The highest BCUT2D eigenvalue weighted by atomic mass is 14.2. The van der Waals surface area contributed by atoms with E-state index in [9.17, 15) is 0 Å². The molecule has 2 aromatic carbocycles. The molecule has 0 aliphatic heterocycles. The monoisotopic (exact) mass is 314 g/mol. The minimum Gasteiger partial charge on any atom is -0.0920 e. The second kappa shape index (κ2) is 6.98. The Balaban J connectivity index is 2.12. The smallest absolute Gasteiger partial charge is 0.0249 e. The first kappa shape index (κ1) is 17.9. The molecule has 0 bridgehead atoms. The van der Waals surface area contributed by atoms with Crippen molar-refractivity contribution in [1.29, 1.82) is 0 Å². The average molecular weight is 314 g/mol. The van der Waals surface area contributed by atoms with E-state index in [2.05, 4.69) is 89.5 Å². The van der Waals surface area contributed by atoms with Crippen LogP contribution in [0.5, 0.6) is 0 Å². The van der Waals surface area contributed by atoms with Crippen molar-refractivity contribution < 1.29 is 0 Å². The van der Waals surface area contributed by atoms with Gasteiger partial charge in [0.2, 0.25) is 0 Å². The molecule has 0 aromatic heterocycles. The fourth-order valence-corrected chi connectivity index (χ4v) is 2.09. The van der Waals surface area contributed by atoms with Gasteiger partial charge in [0.25, 0.3) is 0 Å². The van der Waals surface area contributed by atoms with Crippen molar-refractivity contribution in [3.63, 3.8) is 0 Å². The molecule has 0 N–H and O–H groups in total. The Bertz CT molecular complexity index is 797. The standard InChI is InChI=1S/C24H26/c1-23(2,3)18-17-21-11-9-19(10-12-21)7-8-20-13-15-22(16-14-20)24(4,5)6/h9-16H,1-6H3. The Morgan fingerprint density at radius 2 is 0.917 bits per heavy atom. The van der Waals surface area contributed by atoms with Crippen LogP contribution in [0.4, 0.5) is 0 Å². The molecule has 0 heteroatoms. The van der Waals surface area contributed by atoms with Gasteiger partial charge in [-0.1, -0.05) is 56.6 Å². The molecule has 0 aliphatic carbocycles. The third kappa shape index (κ3) is 5.64. The summed E-state index contributed by atoms with van der Waals surface area (Å²) in [7, 11) is 0. The first-order valence-corrected chi connectivity index (χ1v) is 8.39. The summed E-state index contributed by atoms with van der Waals surface area (Å²) >= 11 is 0. The summed E-state index contributed by atoms with van der Waals surface area (Å²) in [4.78, 5) is 0. The summed E-state index contributed by atoms with van der Waals surface area (Å²) in [5, 5.41) is 0. The van der Waals surface area contributed by atoms with E-state index in [-0.39, 0.29) is 10.8 Å². The van der Waals surface area contributed by atoms with Crippen molar-refractivity contribution in [2.75, 3.05) is 0 Å². The van der Waals surface area contributed by atoms with Gasteiger partial charge in [-0.25, -0.2) is 0 Å². The van der Waals surface area contributed by atoms with Crippen molar-refractivity contribution in [3.8, 4) is 23.7 Å². The van der Waals surface area contributed by atoms with Crippen LogP contribution in [-0.2, 0) is 5.41 Å². The van der Waals surface area contributed by atoms with Crippen molar-refractivity contribution >= 4 is 0 Å². The molecule has 0 spiro atoms. The molecular formula is C24H26. The van der Waals surface area contributed by atoms with E-state index >= 15 is 0 Å². The van der Waals surface area contributed by atoms with Crippen LogP contribution in [0.25, 0.3) is 0 Å². The molecule has 0 nitrogen and oxygen atoms in total. The lowest BCUT2D eigenvalue weighted by Gasteiger charge is -2.18. The van der Waals surface area contributed by atoms with Gasteiger partial charge in [0.15, 0.2) is 0 Å². The lowest BCUT2D eigenvalue weighted by atomic mass is 9.87. The zero-order valence-electron chi connectivity index (χ0n) is 15.6. The van der Waals surface area contributed by atoms with Gasteiger partial charge in [-0.3, -0.25) is 0 Å². The Labute approximate surface area is 147 Å². The zero-order valence-corrected chi connectivity index (χ0v) is 15.6. The molecule has 2 aromatic rings. The molecule has 0 radical (unpaired) electrons. The van der Waals surface area contributed by atoms with Crippen molar-refractivity contribution in [1.82, 2.24) is 0 Å². The molecule has 24 heavy (non-hydrogen) atoms. The highest BCUT2D eigenvalue weighted by Crippen LogP contribution is 2.21. The highest BCUT2D eigenvalue weighted by molar-refractivity contribution is 5.46. The van der Waals surface area contributed by atoms with E-state index in [1.807, 2.05) is 24.3 Å². The third-order valence-corrected chi connectivity index (χ3v) is 3.57. The lowest BCUT2D eigenvalue weighted by molar-refractivity contribution is 0.571. The predicted octanol–water partition coefficient (Wildman–Crippen LogP) is 5.78. The van der Waals surface area contributed by atoms with Crippen molar-refractivity contribution in [2.45, 2.75) is 47.0 Å². The van der Waals surface area contributed by atoms with Gasteiger partial charge < -0.3 is 0 Å². The molecule has 0 saturated heterocycles. The van der Waals surface area contributed by atoms with Crippen molar-refractivity contribution in [3.05, 3.63) is 70.8 Å². The fourth-order valence-electron chi connectivity index (χ4n) is 2.09. The molecule has 2 rings (SSSR count). The Hall–Kier alpha value is -2.44. The summed E-state index contributed by atoms with van der Waals surface area (Å²) in [6.07, 6.45) is 0. The van der Waals surface area contributed by atoms with Crippen LogP contribution < -0.4 is 0 Å². The van der Waals surface area contributed by atoms with E-state index in [4.69, 9.17) is 0 Å². The van der Waals surface area contributed by atoms with Crippen LogP contribution in [-0.4, -0.2) is 0 Å². The normalized spacial score (nSPS) is 11.1. The van der Waals surface area contributed by atoms with E-state index in [1.54, 1.807) is 0 Å². The van der Waals surface area contributed by atoms with Gasteiger partial charge in [0, 0.05) is 22.1 Å². The van der Waals surface area contributed by atoms with Crippen molar-refractivity contribution in [2.24, 2.45) is 5.41 Å². The number of benzene rings is 2. The molecule has 0 aliphatic rings. The molecule has 122 valence electrons. The Kier molecular flexibility index (Phi) is 5.21. The summed E-state index contributed by atoms with van der Waals surface area (Å²) in [6.45, 7) is 13.0. The van der Waals surface area contributed by atoms with E-state index < -0.39 is 0 Å². The Morgan fingerprint density at radius 1 is 0.542 bits per heavy atom.